The summed E-state index contributed by atoms with van der Waals surface area (Å²) < 4.78 is 14.3. The average molecular weight is 414 g/mol. The summed E-state index contributed by atoms with van der Waals surface area (Å²) in [6.07, 6.45) is 0.0797. The molecule has 28 heavy (non-hydrogen) atoms. The van der Waals surface area contributed by atoms with Gasteiger partial charge in [-0.2, -0.15) is 5.26 Å². The van der Waals surface area contributed by atoms with E-state index in [2.05, 4.69) is 6.07 Å². The molecule has 0 N–H and O–H groups in total. The van der Waals surface area contributed by atoms with E-state index in [0.29, 0.717) is 33.7 Å². The van der Waals surface area contributed by atoms with Gasteiger partial charge in [0, 0.05) is 23.0 Å². The van der Waals surface area contributed by atoms with Crippen molar-refractivity contribution in [3.05, 3.63) is 75.0 Å². The first-order valence-corrected chi connectivity index (χ1v) is 10.2. The average Bonchev–Trinajstić information content (AvgIpc) is 2.70. The first-order valence-electron chi connectivity index (χ1n) is 8.82. The Morgan fingerprint density at radius 2 is 2.07 bits per heavy atom. The number of aryl methyl sites for hydroxylation is 1. The molecule has 1 fully saturated rings. The quantitative estimate of drug-likeness (QED) is 0.694. The molecule has 0 aromatic heterocycles. The lowest BCUT2D eigenvalue weighted by Gasteiger charge is -2.42. The van der Waals surface area contributed by atoms with E-state index in [-0.39, 0.29) is 18.1 Å². The Balaban J connectivity index is 1.68. The summed E-state index contributed by atoms with van der Waals surface area (Å²) in [5.74, 6) is -0.470. The smallest absolute Gasteiger partial charge is 0.229 e. The zero-order chi connectivity index (χ0) is 19.8. The van der Waals surface area contributed by atoms with E-state index >= 15 is 0 Å². The number of hydrogen-bond donors (Lipinski definition) is 0. The van der Waals surface area contributed by atoms with E-state index in [9.17, 15) is 14.4 Å². The fraction of sp³-hybridized carbons (Fsp3) is 0.238. The second kappa shape index (κ2) is 7.50. The zero-order valence-electron chi connectivity index (χ0n) is 15.2. The van der Waals surface area contributed by atoms with Crippen molar-refractivity contribution in [3.8, 4) is 6.07 Å². The molecule has 0 aliphatic carbocycles. The minimum absolute atomic E-state index is 0.0797. The van der Waals surface area contributed by atoms with Gasteiger partial charge in [0.2, 0.25) is 5.91 Å². The Morgan fingerprint density at radius 3 is 2.79 bits per heavy atom. The molecule has 1 atom stereocenters. The number of thioether (sulfide) groups is 1. The van der Waals surface area contributed by atoms with E-state index in [0.717, 1.165) is 11.3 Å². The number of benzene rings is 2. The van der Waals surface area contributed by atoms with Crippen molar-refractivity contribution >= 4 is 35.0 Å². The maximum Gasteiger partial charge on any atom is 0.229 e. The maximum atomic E-state index is 14.3. The monoisotopic (exact) mass is 413 g/mol. The predicted octanol–water partition coefficient (Wildman–Crippen LogP) is 5.01. The highest BCUT2D eigenvalue weighted by Gasteiger charge is 2.39. The number of rotatable bonds is 2. The van der Waals surface area contributed by atoms with Gasteiger partial charge in [-0.05, 0) is 36.2 Å². The third-order valence-electron chi connectivity index (χ3n) is 5.09. The zero-order valence-corrected chi connectivity index (χ0v) is 16.7. The summed E-state index contributed by atoms with van der Waals surface area (Å²) in [5, 5.41) is 11.1. The minimum Gasteiger partial charge on any atom is -0.344 e. The molecule has 0 spiro atoms. The van der Waals surface area contributed by atoms with Crippen molar-refractivity contribution in [1.82, 2.24) is 4.90 Å². The van der Waals surface area contributed by atoms with E-state index in [4.69, 9.17) is 11.6 Å². The van der Waals surface area contributed by atoms with Crippen molar-refractivity contribution in [2.45, 2.75) is 19.3 Å². The molecule has 0 bridgehead atoms. The Hall–Kier alpha value is -2.49. The highest BCUT2D eigenvalue weighted by atomic mass is 35.5. The van der Waals surface area contributed by atoms with Gasteiger partial charge in [0.1, 0.15) is 5.82 Å². The number of carbonyl (C=O) groups is 1. The number of carbonyl (C=O) groups excluding carboxylic acids is 1. The number of allylic oxidation sites excluding steroid dienone is 1. The summed E-state index contributed by atoms with van der Waals surface area (Å²) in [6, 6.07) is 14.4. The van der Waals surface area contributed by atoms with Crippen LogP contribution in [0.3, 0.4) is 0 Å². The number of halogens is 2. The van der Waals surface area contributed by atoms with Gasteiger partial charge >= 0.3 is 0 Å². The SMILES string of the molecule is Cc1ccc(N2CSC3=C(C#N)[C@@H](c4ccccc4F)CC(=O)N3C2)cc1Cl. The Labute approximate surface area is 172 Å². The summed E-state index contributed by atoms with van der Waals surface area (Å²) >= 11 is 7.67. The van der Waals surface area contributed by atoms with Crippen LogP contribution in [0.15, 0.2) is 53.1 Å². The molecule has 2 aliphatic heterocycles. The van der Waals surface area contributed by atoms with Gasteiger partial charge in [-0.1, -0.05) is 47.6 Å². The van der Waals surface area contributed by atoms with E-state index in [1.165, 1.54) is 17.8 Å². The Kier molecular flexibility index (Phi) is 5.05. The third kappa shape index (κ3) is 3.25. The van der Waals surface area contributed by atoms with Gasteiger partial charge in [0.25, 0.3) is 0 Å². The summed E-state index contributed by atoms with van der Waals surface area (Å²) in [7, 11) is 0. The van der Waals surface area contributed by atoms with Crippen LogP contribution in [-0.4, -0.2) is 23.4 Å². The molecule has 2 heterocycles. The first-order chi connectivity index (χ1) is 13.5. The van der Waals surface area contributed by atoms with Gasteiger partial charge < -0.3 is 4.90 Å². The lowest BCUT2D eigenvalue weighted by atomic mass is 9.86. The van der Waals surface area contributed by atoms with Crippen molar-refractivity contribution in [2.24, 2.45) is 0 Å². The maximum absolute atomic E-state index is 14.3. The summed E-state index contributed by atoms with van der Waals surface area (Å²) in [4.78, 5) is 16.5. The molecule has 4 rings (SSSR count). The van der Waals surface area contributed by atoms with Crippen molar-refractivity contribution in [2.75, 3.05) is 17.4 Å². The van der Waals surface area contributed by atoms with Crippen molar-refractivity contribution in [1.29, 1.82) is 5.26 Å². The highest BCUT2D eigenvalue weighted by Crippen LogP contribution is 2.43. The highest BCUT2D eigenvalue weighted by molar-refractivity contribution is 8.03. The fourth-order valence-electron chi connectivity index (χ4n) is 3.53. The largest absolute Gasteiger partial charge is 0.344 e. The molecule has 1 amide bonds. The van der Waals surface area contributed by atoms with Crippen LogP contribution in [0.5, 0.6) is 0 Å². The second-order valence-electron chi connectivity index (χ2n) is 6.82. The molecule has 0 unspecified atom stereocenters. The molecule has 2 aromatic rings. The van der Waals surface area contributed by atoms with E-state index < -0.39 is 5.92 Å². The Morgan fingerprint density at radius 1 is 1.29 bits per heavy atom. The number of fused-ring (bicyclic) bond motifs is 1. The van der Waals surface area contributed by atoms with Crippen LogP contribution in [0.25, 0.3) is 0 Å². The van der Waals surface area contributed by atoms with Crippen LogP contribution in [0.4, 0.5) is 10.1 Å². The fourth-order valence-corrected chi connectivity index (χ4v) is 4.87. The number of anilines is 1. The van der Waals surface area contributed by atoms with Gasteiger partial charge in [-0.15, -0.1) is 0 Å². The van der Waals surface area contributed by atoms with Crippen molar-refractivity contribution < 1.29 is 9.18 Å². The molecular formula is C21H17ClFN3OS. The van der Waals surface area contributed by atoms with E-state index in [1.807, 2.05) is 30.0 Å². The van der Waals surface area contributed by atoms with E-state index in [1.54, 1.807) is 23.1 Å². The van der Waals surface area contributed by atoms with Crippen LogP contribution in [-0.2, 0) is 4.79 Å². The number of amides is 1. The third-order valence-corrected chi connectivity index (χ3v) is 6.66. The lowest BCUT2D eigenvalue weighted by molar-refractivity contribution is -0.129. The molecular weight excluding hydrogens is 397 g/mol. The topological polar surface area (TPSA) is 47.3 Å². The molecule has 2 aromatic carbocycles. The van der Waals surface area contributed by atoms with Gasteiger partial charge in [0.05, 0.1) is 29.2 Å². The van der Waals surface area contributed by atoms with Gasteiger partial charge in [-0.3, -0.25) is 9.69 Å². The van der Waals surface area contributed by atoms with Gasteiger partial charge in [0.15, 0.2) is 0 Å². The van der Waals surface area contributed by atoms with Crippen LogP contribution < -0.4 is 4.90 Å². The van der Waals surface area contributed by atoms with Crippen LogP contribution in [0, 0.1) is 24.1 Å². The van der Waals surface area contributed by atoms with Crippen molar-refractivity contribution in [3.63, 3.8) is 0 Å². The number of nitriles is 1. The lowest BCUT2D eigenvalue weighted by Crippen LogP contribution is -2.47. The molecule has 0 radical (unpaired) electrons. The first kappa shape index (κ1) is 18.9. The Bertz CT molecular complexity index is 1030. The molecule has 142 valence electrons. The summed E-state index contributed by atoms with van der Waals surface area (Å²) in [5.41, 5.74) is 2.76. The minimum atomic E-state index is -0.544. The second-order valence-corrected chi connectivity index (χ2v) is 8.16. The molecule has 2 aliphatic rings. The normalized spacial score (nSPS) is 19.5. The number of hydrogen-bond acceptors (Lipinski definition) is 4. The van der Waals surface area contributed by atoms with Crippen LogP contribution in [0.1, 0.15) is 23.5 Å². The molecule has 0 saturated carbocycles. The summed E-state index contributed by atoms with van der Waals surface area (Å²) in [6.45, 7) is 2.28. The molecule has 4 nitrogen and oxygen atoms in total. The molecule has 7 heteroatoms. The number of nitrogens with zero attached hydrogens (tertiary/aromatic N) is 3. The van der Waals surface area contributed by atoms with Crippen LogP contribution >= 0.6 is 23.4 Å². The standard InChI is InChI=1S/C21H17ClFN3OS/c1-13-6-7-14(8-18(13)22)25-11-26-20(27)9-16(15-4-2-3-5-19(15)23)17(10-24)21(26)28-12-25/h2-8,16H,9,11-12H2,1H3/t16-/m1/s1. The van der Waals surface area contributed by atoms with Gasteiger partial charge in [-0.25, -0.2) is 4.39 Å². The predicted molar refractivity (Wildman–Crippen MR) is 109 cm³/mol. The molecule has 1 saturated heterocycles. The van der Waals surface area contributed by atoms with Crippen LogP contribution in [0.2, 0.25) is 5.02 Å².